The number of nitrogen functional groups attached to an aromatic ring is 1. The van der Waals surface area contributed by atoms with E-state index in [-0.39, 0.29) is 5.91 Å². The summed E-state index contributed by atoms with van der Waals surface area (Å²) < 4.78 is 11.2. The van der Waals surface area contributed by atoms with Crippen LogP contribution in [0, 0.1) is 0 Å². The van der Waals surface area contributed by atoms with E-state index in [1.807, 2.05) is 6.07 Å². The Morgan fingerprint density at radius 2 is 2.18 bits per heavy atom. The minimum Gasteiger partial charge on any atom is -0.296 e. The fourth-order valence-corrected chi connectivity index (χ4v) is 3.79. The van der Waals surface area contributed by atoms with E-state index >= 15 is 0 Å². The lowest BCUT2D eigenvalue weighted by molar-refractivity contribution is 0.0957. The normalized spacial score (nSPS) is 18.2. The number of hydrazine groups is 1. The zero-order chi connectivity index (χ0) is 12.3. The second-order valence-electron chi connectivity index (χ2n) is 3.86. The van der Waals surface area contributed by atoms with Gasteiger partial charge in [0, 0.05) is 46.8 Å². The Bertz CT molecular complexity index is 423. The van der Waals surface area contributed by atoms with Gasteiger partial charge in [0.15, 0.2) is 0 Å². The summed E-state index contributed by atoms with van der Waals surface area (Å²) >= 11 is 1.45. The standard InChI is InChI=1S/C10H15N3O2S2/c11-12-10(14)9-2-1-8(16-9)7-13-3-5-17(15)6-4-13/h1-2H,3-7,11H2,(H,12,14). The number of rotatable bonds is 3. The lowest BCUT2D eigenvalue weighted by Gasteiger charge is -2.25. The topological polar surface area (TPSA) is 75.4 Å². The van der Waals surface area contributed by atoms with E-state index in [1.165, 1.54) is 11.3 Å². The van der Waals surface area contributed by atoms with Gasteiger partial charge in [-0.15, -0.1) is 11.3 Å². The number of carbonyl (C=O) groups is 1. The highest BCUT2D eigenvalue weighted by Gasteiger charge is 2.16. The Labute approximate surface area is 106 Å². The molecule has 5 nitrogen and oxygen atoms in total. The van der Waals surface area contributed by atoms with Crippen LogP contribution in [0.3, 0.4) is 0 Å². The van der Waals surface area contributed by atoms with Crippen molar-refractivity contribution >= 4 is 28.0 Å². The van der Waals surface area contributed by atoms with Gasteiger partial charge in [0.05, 0.1) is 4.88 Å². The van der Waals surface area contributed by atoms with Crippen LogP contribution in [-0.2, 0) is 17.3 Å². The summed E-state index contributed by atoms with van der Waals surface area (Å²) in [6, 6.07) is 3.73. The molecule has 0 atom stereocenters. The lowest BCUT2D eigenvalue weighted by atomic mass is 10.4. The quantitative estimate of drug-likeness (QED) is 0.459. The van der Waals surface area contributed by atoms with Gasteiger partial charge in [0.25, 0.3) is 5.91 Å². The molecule has 1 fully saturated rings. The highest BCUT2D eigenvalue weighted by Crippen LogP contribution is 2.18. The van der Waals surface area contributed by atoms with Gasteiger partial charge in [-0.2, -0.15) is 0 Å². The van der Waals surface area contributed by atoms with Crippen molar-refractivity contribution in [2.45, 2.75) is 6.54 Å². The minimum absolute atomic E-state index is 0.249. The molecule has 3 N–H and O–H groups in total. The molecule has 0 aromatic carbocycles. The third-order valence-electron chi connectivity index (χ3n) is 2.67. The third kappa shape index (κ3) is 3.35. The van der Waals surface area contributed by atoms with E-state index in [0.29, 0.717) is 4.88 Å². The predicted octanol–water partition coefficient (Wildman–Crippen LogP) is -0.0841. The molecule has 2 rings (SSSR count). The molecule has 0 aliphatic carbocycles. The molecule has 17 heavy (non-hydrogen) atoms. The molecule has 1 saturated heterocycles. The van der Waals surface area contributed by atoms with Crippen LogP contribution in [0.4, 0.5) is 0 Å². The van der Waals surface area contributed by atoms with E-state index in [9.17, 15) is 9.00 Å². The monoisotopic (exact) mass is 273 g/mol. The predicted molar refractivity (Wildman–Crippen MR) is 69.1 cm³/mol. The number of amides is 1. The molecule has 1 aromatic rings. The summed E-state index contributed by atoms with van der Waals surface area (Å²) in [6.45, 7) is 2.55. The van der Waals surface area contributed by atoms with Crippen LogP contribution in [0.15, 0.2) is 12.1 Å². The first-order valence-corrected chi connectivity index (χ1v) is 7.66. The van der Waals surface area contributed by atoms with Gasteiger partial charge in [-0.25, -0.2) is 5.84 Å². The van der Waals surface area contributed by atoms with Crippen molar-refractivity contribution in [3.63, 3.8) is 0 Å². The molecule has 2 heterocycles. The van der Waals surface area contributed by atoms with Crippen molar-refractivity contribution in [1.29, 1.82) is 0 Å². The summed E-state index contributed by atoms with van der Waals surface area (Å²) in [7, 11) is -0.641. The van der Waals surface area contributed by atoms with Crippen molar-refractivity contribution in [2.24, 2.45) is 5.84 Å². The molecule has 94 valence electrons. The Kier molecular flexibility index (Phi) is 4.27. The Hall–Kier alpha value is -0.760. The molecule has 1 aliphatic rings. The molecule has 1 amide bonds. The number of nitrogens with zero attached hydrogens (tertiary/aromatic N) is 1. The Morgan fingerprint density at radius 1 is 1.47 bits per heavy atom. The lowest BCUT2D eigenvalue weighted by Crippen LogP contribution is -2.36. The van der Waals surface area contributed by atoms with Crippen molar-refractivity contribution in [3.05, 3.63) is 21.9 Å². The zero-order valence-electron chi connectivity index (χ0n) is 9.35. The number of hydrogen-bond acceptors (Lipinski definition) is 5. The third-order valence-corrected chi connectivity index (χ3v) is 5.01. The van der Waals surface area contributed by atoms with E-state index in [2.05, 4.69) is 10.3 Å². The fourth-order valence-electron chi connectivity index (χ4n) is 1.71. The van der Waals surface area contributed by atoms with E-state index in [1.54, 1.807) is 6.07 Å². The maximum Gasteiger partial charge on any atom is 0.275 e. The van der Waals surface area contributed by atoms with E-state index in [0.717, 1.165) is 36.0 Å². The minimum atomic E-state index is -0.641. The SMILES string of the molecule is NNC(=O)c1ccc(CN2CCS(=O)CC2)s1. The van der Waals surface area contributed by atoms with Crippen LogP contribution < -0.4 is 11.3 Å². The molecule has 0 saturated carbocycles. The van der Waals surface area contributed by atoms with Gasteiger partial charge in [-0.3, -0.25) is 19.3 Å². The number of nitrogens with two attached hydrogens (primary N) is 1. The molecule has 1 aromatic heterocycles. The summed E-state index contributed by atoms with van der Waals surface area (Å²) in [4.78, 5) is 15.3. The summed E-state index contributed by atoms with van der Waals surface area (Å²) in [6.07, 6.45) is 0. The molecule has 7 heteroatoms. The highest BCUT2D eigenvalue weighted by atomic mass is 32.2. The molecule has 1 aliphatic heterocycles. The summed E-state index contributed by atoms with van der Waals surface area (Å²) in [5, 5.41) is 0. The summed E-state index contributed by atoms with van der Waals surface area (Å²) in [5.74, 6) is 6.33. The van der Waals surface area contributed by atoms with Gasteiger partial charge >= 0.3 is 0 Å². The number of nitrogens with one attached hydrogen (secondary N) is 1. The molecular formula is C10H15N3O2S2. The first-order valence-electron chi connectivity index (χ1n) is 5.36. The van der Waals surface area contributed by atoms with E-state index in [4.69, 9.17) is 5.84 Å². The van der Waals surface area contributed by atoms with Crippen molar-refractivity contribution in [3.8, 4) is 0 Å². The Morgan fingerprint density at radius 3 is 2.82 bits per heavy atom. The van der Waals surface area contributed by atoms with Crippen LogP contribution in [0.25, 0.3) is 0 Å². The van der Waals surface area contributed by atoms with Crippen LogP contribution in [-0.4, -0.2) is 39.6 Å². The van der Waals surface area contributed by atoms with Gasteiger partial charge in [0.1, 0.15) is 0 Å². The first kappa shape index (κ1) is 12.7. The highest BCUT2D eigenvalue weighted by molar-refractivity contribution is 7.85. The average molecular weight is 273 g/mol. The van der Waals surface area contributed by atoms with Gasteiger partial charge < -0.3 is 0 Å². The molecule has 0 bridgehead atoms. The van der Waals surface area contributed by atoms with Crippen molar-refractivity contribution < 1.29 is 9.00 Å². The van der Waals surface area contributed by atoms with E-state index < -0.39 is 10.8 Å². The second kappa shape index (κ2) is 5.72. The molecule has 0 radical (unpaired) electrons. The number of carbonyl (C=O) groups excluding carboxylic acids is 1. The molecule has 0 spiro atoms. The van der Waals surface area contributed by atoms with Crippen molar-refractivity contribution in [1.82, 2.24) is 10.3 Å². The van der Waals surface area contributed by atoms with Gasteiger partial charge in [-0.1, -0.05) is 0 Å². The largest absolute Gasteiger partial charge is 0.296 e. The maximum atomic E-state index is 11.3. The zero-order valence-corrected chi connectivity index (χ0v) is 11.0. The number of hydrogen-bond donors (Lipinski definition) is 2. The summed E-state index contributed by atoms with van der Waals surface area (Å²) in [5.41, 5.74) is 2.12. The number of thiophene rings is 1. The van der Waals surface area contributed by atoms with Gasteiger partial charge in [-0.05, 0) is 12.1 Å². The van der Waals surface area contributed by atoms with Crippen LogP contribution >= 0.6 is 11.3 Å². The van der Waals surface area contributed by atoms with Crippen LogP contribution in [0.2, 0.25) is 0 Å². The van der Waals surface area contributed by atoms with Gasteiger partial charge in [0.2, 0.25) is 0 Å². The Balaban J connectivity index is 1.93. The smallest absolute Gasteiger partial charge is 0.275 e. The van der Waals surface area contributed by atoms with Crippen LogP contribution in [0.5, 0.6) is 0 Å². The first-order chi connectivity index (χ1) is 8.19. The fraction of sp³-hybridized carbons (Fsp3) is 0.500. The second-order valence-corrected chi connectivity index (χ2v) is 6.73. The average Bonchev–Trinajstić information content (AvgIpc) is 2.80. The van der Waals surface area contributed by atoms with Crippen molar-refractivity contribution in [2.75, 3.05) is 24.6 Å². The van der Waals surface area contributed by atoms with Crippen LogP contribution in [0.1, 0.15) is 14.5 Å². The maximum absolute atomic E-state index is 11.3. The molecule has 0 unspecified atom stereocenters. The molecular weight excluding hydrogens is 258 g/mol.